The molecule has 2 rings (SSSR count). The minimum Gasteiger partial charge on any atom is -0.478 e. The summed E-state index contributed by atoms with van der Waals surface area (Å²) in [6.45, 7) is 0.733. The average Bonchev–Trinajstić information content (AvgIpc) is 2.22. The maximum Gasteiger partial charge on any atom is 0.213 e. The summed E-state index contributed by atoms with van der Waals surface area (Å²) < 4.78 is 5.52. The molecule has 1 fully saturated rings. The normalized spacial score (nSPS) is 15.5. The molecule has 0 unspecified atom stereocenters. The van der Waals surface area contributed by atoms with E-state index in [-0.39, 0.29) is 5.84 Å². The number of hydrogen-bond acceptors (Lipinski definition) is 3. The van der Waals surface area contributed by atoms with E-state index in [0.29, 0.717) is 11.4 Å². The molecule has 0 radical (unpaired) electrons. The zero-order valence-corrected chi connectivity index (χ0v) is 9.28. The minimum absolute atomic E-state index is 0.0357. The first-order valence-corrected chi connectivity index (χ1v) is 5.69. The molecule has 0 bridgehead atoms. The highest BCUT2D eigenvalue weighted by Crippen LogP contribution is 2.29. The van der Waals surface area contributed by atoms with Gasteiger partial charge in [0.2, 0.25) is 5.88 Å². The standard InChI is InChI=1S/C12H17N3O/c13-12(14)10-4-5-11(15-8-10)16-7-6-9-2-1-3-9/h4-5,8-9H,1-3,6-7H2,(H3,13,14). The van der Waals surface area contributed by atoms with E-state index in [1.165, 1.54) is 19.3 Å². The van der Waals surface area contributed by atoms with Gasteiger partial charge in [-0.2, -0.15) is 0 Å². The maximum absolute atomic E-state index is 7.23. The van der Waals surface area contributed by atoms with Crippen LogP contribution in [0.1, 0.15) is 31.2 Å². The van der Waals surface area contributed by atoms with Crippen LogP contribution in [0.5, 0.6) is 5.88 Å². The number of rotatable bonds is 5. The second-order valence-electron chi connectivity index (χ2n) is 4.23. The first-order chi connectivity index (χ1) is 7.75. The molecule has 0 aliphatic heterocycles. The summed E-state index contributed by atoms with van der Waals surface area (Å²) in [4.78, 5) is 4.10. The van der Waals surface area contributed by atoms with Gasteiger partial charge in [0.25, 0.3) is 0 Å². The topological polar surface area (TPSA) is 72.0 Å². The number of nitrogens with two attached hydrogens (primary N) is 1. The van der Waals surface area contributed by atoms with Gasteiger partial charge in [-0.3, -0.25) is 5.41 Å². The lowest BCUT2D eigenvalue weighted by molar-refractivity contribution is 0.217. The Hall–Kier alpha value is -1.58. The molecule has 0 amide bonds. The van der Waals surface area contributed by atoms with Crippen molar-refractivity contribution in [1.29, 1.82) is 5.41 Å². The molecule has 4 nitrogen and oxygen atoms in total. The fourth-order valence-electron chi connectivity index (χ4n) is 1.74. The van der Waals surface area contributed by atoms with Crippen LogP contribution in [0, 0.1) is 11.3 Å². The Balaban J connectivity index is 1.78. The van der Waals surface area contributed by atoms with E-state index in [9.17, 15) is 0 Å². The monoisotopic (exact) mass is 219 g/mol. The predicted octanol–water partition coefficient (Wildman–Crippen LogP) is 1.93. The number of nitrogens with one attached hydrogen (secondary N) is 1. The highest BCUT2D eigenvalue weighted by Gasteiger charge is 2.16. The molecule has 3 N–H and O–H groups in total. The second-order valence-corrected chi connectivity index (χ2v) is 4.23. The molecule has 1 aliphatic carbocycles. The summed E-state index contributed by atoms with van der Waals surface area (Å²) in [6.07, 6.45) is 6.76. The first-order valence-electron chi connectivity index (χ1n) is 5.69. The SMILES string of the molecule is N=C(N)c1ccc(OCCC2CCC2)nc1. The van der Waals surface area contributed by atoms with Gasteiger partial charge in [-0.25, -0.2) is 4.98 Å². The van der Waals surface area contributed by atoms with Crippen molar-refractivity contribution in [1.82, 2.24) is 4.98 Å². The number of pyridine rings is 1. The zero-order chi connectivity index (χ0) is 11.4. The summed E-state index contributed by atoms with van der Waals surface area (Å²) in [5, 5.41) is 7.23. The molecule has 0 saturated heterocycles. The van der Waals surface area contributed by atoms with Gasteiger partial charge in [0.05, 0.1) is 6.61 Å². The molecule has 1 aromatic heterocycles. The Morgan fingerprint density at radius 3 is 2.81 bits per heavy atom. The Morgan fingerprint density at radius 1 is 1.50 bits per heavy atom. The number of aromatic nitrogens is 1. The highest BCUT2D eigenvalue weighted by atomic mass is 16.5. The van der Waals surface area contributed by atoms with Crippen LogP contribution in [0.25, 0.3) is 0 Å². The quantitative estimate of drug-likeness (QED) is 0.587. The van der Waals surface area contributed by atoms with Crippen LogP contribution < -0.4 is 10.5 Å². The van der Waals surface area contributed by atoms with Gasteiger partial charge in [0, 0.05) is 17.8 Å². The van der Waals surface area contributed by atoms with Gasteiger partial charge in [0.15, 0.2) is 0 Å². The van der Waals surface area contributed by atoms with E-state index in [0.717, 1.165) is 18.9 Å². The summed E-state index contributed by atoms with van der Waals surface area (Å²) >= 11 is 0. The number of nitrogens with zero attached hydrogens (tertiary/aromatic N) is 1. The average molecular weight is 219 g/mol. The zero-order valence-electron chi connectivity index (χ0n) is 9.28. The van der Waals surface area contributed by atoms with Crippen LogP contribution >= 0.6 is 0 Å². The number of amidine groups is 1. The Bertz CT molecular complexity index is 357. The Kier molecular flexibility index (Phi) is 3.39. The molecule has 86 valence electrons. The van der Waals surface area contributed by atoms with Crippen molar-refractivity contribution >= 4 is 5.84 Å². The highest BCUT2D eigenvalue weighted by molar-refractivity contribution is 5.94. The molecule has 1 saturated carbocycles. The smallest absolute Gasteiger partial charge is 0.213 e. The second kappa shape index (κ2) is 4.96. The van der Waals surface area contributed by atoms with Gasteiger partial charge in [-0.15, -0.1) is 0 Å². The fourth-order valence-corrected chi connectivity index (χ4v) is 1.74. The molecular weight excluding hydrogens is 202 g/mol. The molecule has 1 aliphatic rings. The number of nitrogen functional groups attached to an aromatic ring is 1. The third-order valence-electron chi connectivity index (χ3n) is 3.05. The van der Waals surface area contributed by atoms with Crippen LogP contribution in [0.15, 0.2) is 18.3 Å². The van der Waals surface area contributed by atoms with E-state index in [1.807, 2.05) is 0 Å². The molecule has 1 heterocycles. The van der Waals surface area contributed by atoms with Crippen LogP contribution in [-0.4, -0.2) is 17.4 Å². The molecule has 0 atom stereocenters. The van der Waals surface area contributed by atoms with Gasteiger partial charge in [-0.1, -0.05) is 19.3 Å². The number of ether oxygens (including phenoxy) is 1. The van der Waals surface area contributed by atoms with E-state index in [4.69, 9.17) is 15.9 Å². The molecule has 4 heteroatoms. The van der Waals surface area contributed by atoms with Crippen molar-refractivity contribution in [2.45, 2.75) is 25.7 Å². The third-order valence-corrected chi connectivity index (χ3v) is 3.05. The molecule has 1 aromatic rings. The Morgan fingerprint density at radius 2 is 2.31 bits per heavy atom. The van der Waals surface area contributed by atoms with E-state index >= 15 is 0 Å². The lowest BCUT2D eigenvalue weighted by Gasteiger charge is -2.24. The summed E-state index contributed by atoms with van der Waals surface area (Å²) in [7, 11) is 0. The predicted molar refractivity (Wildman–Crippen MR) is 62.7 cm³/mol. The fraction of sp³-hybridized carbons (Fsp3) is 0.500. The van der Waals surface area contributed by atoms with Crippen LogP contribution in [0.4, 0.5) is 0 Å². The van der Waals surface area contributed by atoms with Gasteiger partial charge in [-0.05, 0) is 18.4 Å². The summed E-state index contributed by atoms with van der Waals surface area (Å²) in [6, 6.07) is 3.52. The lowest BCUT2D eigenvalue weighted by atomic mass is 9.83. The van der Waals surface area contributed by atoms with Crippen LogP contribution in [0.2, 0.25) is 0 Å². The molecule has 16 heavy (non-hydrogen) atoms. The van der Waals surface area contributed by atoms with Crippen molar-refractivity contribution < 1.29 is 4.74 Å². The molecular formula is C12H17N3O. The van der Waals surface area contributed by atoms with Crippen molar-refractivity contribution in [3.63, 3.8) is 0 Å². The molecule has 0 aromatic carbocycles. The maximum atomic E-state index is 7.23. The van der Waals surface area contributed by atoms with Gasteiger partial charge in [0.1, 0.15) is 5.84 Å². The van der Waals surface area contributed by atoms with Crippen molar-refractivity contribution in [2.75, 3.05) is 6.61 Å². The summed E-state index contributed by atoms with van der Waals surface area (Å²) in [5.41, 5.74) is 5.96. The van der Waals surface area contributed by atoms with E-state index in [1.54, 1.807) is 18.3 Å². The largest absolute Gasteiger partial charge is 0.478 e. The van der Waals surface area contributed by atoms with Crippen molar-refractivity contribution in [2.24, 2.45) is 11.7 Å². The van der Waals surface area contributed by atoms with Crippen LogP contribution in [0.3, 0.4) is 0 Å². The lowest BCUT2D eigenvalue weighted by Crippen LogP contribution is -2.15. The third kappa shape index (κ3) is 2.72. The van der Waals surface area contributed by atoms with Gasteiger partial charge < -0.3 is 10.5 Å². The molecule has 0 spiro atoms. The van der Waals surface area contributed by atoms with E-state index < -0.39 is 0 Å². The van der Waals surface area contributed by atoms with E-state index in [2.05, 4.69) is 4.98 Å². The number of hydrogen-bond donors (Lipinski definition) is 2. The Labute approximate surface area is 95.3 Å². The van der Waals surface area contributed by atoms with Crippen molar-refractivity contribution in [3.05, 3.63) is 23.9 Å². The van der Waals surface area contributed by atoms with Crippen molar-refractivity contribution in [3.8, 4) is 5.88 Å². The van der Waals surface area contributed by atoms with Gasteiger partial charge >= 0.3 is 0 Å². The minimum atomic E-state index is 0.0357. The first kappa shape index (κ1) is 10.9. The summed E-state index contributed by atoms with van der Waals surface area (Å²) in [5.74, 6) is 1.51. The van der Waals surface area contributed by atoms with Crippen LogP contribution in [-0.2, 0) is 0 Å².